The summed E-state index contributed by atoms with van der Waals surface area (Å²) in [5.41, 5.74) is 2.00. The Morgan fingerprint density at radius 3 is 2.31 bits per heavy atom. The zero-order chi connectivity index (χ0) is 20.4. The van der Waals surface area contributed by atoms with Crippen LogP contribution in [0.1, 0.15) is 17.4 Å². The third-order valence-corrected chi connectivity index (χ3v) is 6.43. The van der Waals surface area contributed by atoms with Crippen LogP contribution in [0.5, 0.6) is 5.75 Å². The van der Waals surface area contributed by atoms with Crippen molar-refractivity contribution in [1.82, 2.24) is 14.7 Å². The van der Waals surface area contributed by atoms with Crippen LogP contribution in [0.2, 0.25) is 0 Å². The zero-order valence-corrected chi connectivity index (χ0v) is 17.6. The molecule has 0 bridgehead atoms. The van der Waals surface area contributed by atoms with Crippen molar-refractivity contribution < 1.29 is 14.3 Å². The van der Waals surface area contributed by atoms with Crippen molar-refractivity contribution in [3.8, 4) is 5.75 Å². The Morgan fingerprint density at radius 2 is 1.72 bits per heavy atom. The summed E-state index contributed by atoms with van der Waals surface area (Å²) in [6, 6.07) is 11.3. The number of likely N-dealkylation sites (N-methyl/N-ethyl adjacent to an activating group) is 1. The molecule has 2 aromatic rings. The molecule has 2 amide bonds. The first kappa shape index (κ1) is 19.7. The number of hydrogen-bond acceptors (Lipinski definition) is 6. The van der Waals surface area contributed by atoms with Gasteiger partial charge >= 0.3 is 0 Å². The highest BCUT2D eigenvalue weighted by atomic mass is 32.1. The molecule has 3 heterocycles. The van der Waals surface area contributed by atoms with E-state index in [-0.39, 0.29) is 18.4 Å². The SMILES string of the molecule is CCN1CCN(C2=C(c3cccs3)C(=O)N(Cc3ccc(OC)cc3)C2=O)CC1. The minimum atomic E-state index is -0.207. The van der Waals surface area contributed by atoms with E-state index in [4.69, 9.17) is 4.74 Å². The minimum Gasteiger partial charge on any atom is -0.497 e. The van der Waals surface area contributed by atoms with Gasteiger partial charge in [0.1, 0.15) is 11.4 Å². The summed E-state index contributed by atoms with van der Waals surface area (Å²) in [7, 11) is 1.62. The van der Waals surface area contributed by atoms with Crippen molar-refractivity contribution in [1.29, 1.82) is 0 Å². The first-order chi connectivity index (χ1) is 14.1. The molecule has 0 atom stereocenters. The van der Waals surface area contributed by atoms with E-state index in [2.05, 4.69) is 16.7 Å². The van der Waals surface area contributed by atoms with E-state index in [1.165, 1.54) is 16.2 Å². The van der Waals surface area contributed by atoms with Crippen molar-refractivity contribution in [2.45, 2.75) is 13.5 Å². The second kappa shape index (κ2) is 8.39. The summed E-state index contributed by atoms with van der Waals surface area (Å²) in [5.74, 6) is 0.347. The monoisotopic (exact) mass is 411 g/mol. The second-order valence-electron chi connectivity index (χ2n) is 7.17. The molecule has 1 fully saturated rings. The summed E-state index contributed by atoms with van der Waals surface area (Å²) in [6.45, 7) is 6.72. The van der Waals surface area contributed by atoms with Gasteiger partial charge in [0.2, 0.25) is 0 Å². The maximum atomic E-state index is 13.4. The molecule has 29 heavy (non-hydrogen) atoms. The number of methoxy groups -OCH3 is 1. The van der Waals surface area contributed by atoms with E-state index in [0.717, 1.165) is 48.9 Å². The lowest BCUT2D eigenvalue weighted by molar-refractivity contribution is -0.138. The predicted octanol–water partition coefficient (Wildman–Crippen LogP) is 2.67. The number of amides is 2. The predicted molar refractivity (Wildman–Crippen MR) is 113 cm³/mol. The maximum Gasteiger partial charge on any atom is 0.278 e. The Hall–Kier alpha value is -2.64. The van der Waals surface area contributed by atoms with Crippen LogP contribution in [-0.4, -0.2) is 66.3 Å². The smallest absolute Gasteiger partial charge is 0.278 e. The van der Waals surface area contributed by atoms with Gasteiger partial charge in [0, 0.05) is 31.1 Å². The van der Waals surface area contributed by atoms with E-state index in [0.29, 0.717) is 11.3 Å². The van der Waals surface area contributed by atoms with Crippen LogP contribution in [-0.2, 0) is 16.1 Å². The van der Waals surface area contributed by atoms with Crippen molar-refractivity contribution in [3.05, 3.63) is 57.9 Å². The molecular weight excluding hydrogens is 386 g/mol. The van der Waals surface area contributed by atoms with Crippen LogP contribution >= 0.6 is 11.3 Å². The Bertz CT molecular complexity index is 913. The standard InChI is InChI=1S/C22H25N3O3S/c1-3-23-10-12-24(13-11-23)20-19(18-5-4-14-29-18)21(26)25(22(20)27)15-16-6-8-17(28-2)9-7-16/h4-9,14H,3,10-13,15H2,1-2H3. The van der Waals surface area contributed by atoms with Gasteiger partial charge in [0.25, 0.3) is 11.8 Å². The number of thiophene rings is 1. The van der Waals surface area contributed by atoms with Crippen molar-refractivity contribution in [2.24, 2.45) is 0 Å². The third kappa shape index (κ3) is 3.80. The van der Waals surface area contributed by atoms with Gasteiger partial charge in [0.15, 0.2) is 0 Å². The summed E-state index contributed by atoms with van der Waals surface area (Å²) in [5, 5.41) is 1.94. The van der Waals surface area contributed by atoms with Gasteiger partial charge in [-0.1, -0.05) is 25.1 Å². The van der Waals surface area contributed by atoms with Crippen LogP contribution in [0.4, 0.5) is 0 Å². The van der Waals surface area contributed by atoms with E-state index in [9.17, 15) is 9.59 Å². The van der Waals surface area contributed by atoms with Gasteiger partial charge in [0.05, 0.1) is 19.2 Å². The van der Waals surface area contributed by atoms with Gasteiger partial charge in [-0.3, -0.25) is 14.5 Å². The molecule has 2 aliphatic heterocycles. The zero-order valence-electron chi connectivity index (χ0n) is 16.8. The minimum absolute atomic E-state index is 0.195. The average molecular weight is 412 g/mol. The van der Waals surface area contributed by atoms with Crippen LogP contribution in [0.3, 0.4) is 0 Å². The summed E-state index contributed by atoms with van der Waals surface area (Å²) in [4.78, 5) is 33.4. The lowest BCUT2D eigenvalue weighted by atomic mass is 10.1. The summed E-state index contributed by atoms with van der Waals surface area (Å²) < 4.78 is 5.20. The van der Waals surface area contributed by atoms with E-state index in [1.807, 2.05) is 41.8 Å². The average Bonchev–Trinajstić information content (AvgIpc) is 3.37. The van der Waals surface area contributed by atoms with Gasteiger partial charge in [-0.15, -0.1) is 11.3 Å². The molecule has 7 heteroatoms. The molecule has 1 saturated heterocycles. The first-order valence-corrected chi connectivity index (χ1v) is 10.7. The number of ether oxygens (including phenoxy) is 1. The Labute approximate surface area is 175 Å². The van der Waals surface area contributed by atoms with Crippen LogP contribution in [0.15, 0.2) is 47.5 Å². The number of imide groups is 1. The molecule has 1 aromatic carbocycles. The molecule has 0 N–H and O–H groups in total. The lowest BCUT2D eigenvalue weighted by Gasteiger charge is -2.35. The fraction of sp³-hybridized carbons (Fsp3) is 0.364. The van der Waals surface area contributed by atoms with Crippen molar-refractivity contribution >= 4 is 28.7 Å². The van der Waals surface area contributed by atoms with Gasteiger partial charge in [-0.2, -0.15) is 0 Å². The quantitative estimate of drug-likeness (QED) is 0.684. The topological polar surface area (TPSA) is 53.1 Å². The van der Waals surface area contributed by atoms with Gasteiger partial charge in [-0.05, 0) is 35.7 Å². The lowest BCUT2D eigenvalue weighted by Crippen LogP contribution is -2.47. The molecule has 0 spiro atoms. The number of piperazine rings is 1. The molecule has 6 nitrogen and oxygen atoms in total. The molecule has 0 unspecified atom stereocenters. The molecule has 0 radical (unpaired) electrons. The first-order valence-electron chi connectivity index (χ1n) is 9.87. The van der Waals surface area contributed by atoms with Crippen LogP contribution in [0, 0.1) is 0 Å². The van der Waals surface area contributed by atoms with Gasteiger partial charge < -0.3 is 14.5 Å². The third-order valence-electron chi connectivity index (χ3n) is 5.55. The number of carbonyl (C=O) groups excluding carboxylic acids is 2. The second-order valence-corrected chi connectivity index (χ2v) is 8.11. The molecule has 0 saturated carbocycles. The highest BCUT2D eigenvalue weighted by Crippen LogP contribution is 2.35. The number of rotatable bonds is 6. The molecule has 152 valence electrons. The highest BCUT2D eigenvalue weighted by Gasteiger charge is 2.42. The molecule has 4 rings (SSSR count). The fourth-order valence-electron chi connectivity index (χ4n) is 3.84. The molecule has 1 aromatic heterocycles. The van der Waals surface area contributed by atoms with Crippen molar-refractivity contribution in [2.75, 3.05) is 39.8 Å². The number of hydrogen-bond donors (Lipinski definition) is 0. The van der Waals surface area contributed by atoms with Crippen LogP contribution in [0.25, 0.3) is 5.57 Å². The number of benzene rings is 1. The van der Waals surface area contributed by atoms with Crippen LogP contribution < -0.4 is 4.74 Å². The normalized spacial score (nSPS) is 18.1. The Morgan fingerprint density at radius 1 is 1.00 bits per heavy atom. The molecule has 0 aliphatic carbocycles. The number of nitrogens with zero attached hydrogens (tertiary/aromatic N) is 3. The number of carbonyl (C=O) groups is 2. The molecular formula is C22H25N3O3S. The van der Waals surface area contributed by atoms with E-state index >= 15 is 0 Å². The van der Waals surface area contributed by atoms with E-state index < -0.39 is 0 Å². The van der Waals surface area contributed by atoms with Crippen molar-refractivity contribution in [3.63, 3.8) is 0 Å². The molecule has 2 aliphatic rings. The highest BCUT2D eigenvalue weighted by molar-refractivity contribution is 7.11. The van der Waals surface area contributed by atoms with E-state index in [1.54, 1.807) is 7.11 Å². The summed E-state index contributed by atoms with van der Waals surface area (Å²) in [6.07, 6.45) is 0. The Kier molecular flexibility index (Phi) is 5.69. The fourth-order valence-corrected chi connectivity index (χ4v) is 4.61. The summed E-state index contributed by atoms with van der Waals surface area (Å²) >= 11 is 1.50. The maximum absolute atomic E-state index is 13.4. The largest absolute Gasteiger partial charge is 0.497 e. The van der Waals surface area contributed by atoms with Gasteiger partial charge in [-0.25, -0.2) is 0 Å². The Balaban J connectivity index is 1.63.